The summed E-state index contributed by atoms with van der Waals surface area (Å²) in [5.41, 5.74) is 0. The number of carbonyl (C=O) groups excluding carboxylic acids is 1. The van der Waals surface area contributed by atoms with Gasteiger partial charge < -0.3 is 9.84 Å². The zero-order valence-corrected chi connectivity index (χ0v) is 20.1. The number of rotatable bonds is 23. The Balaban J connectivity index is 4.06. The van der Waals surface area contributed by atoms with Gasteiger partial charge in [-0.15, -0.1) is 0 Å². The molecule has 0 fully saturated rings. The van der Waals surface area contributed by atoms with Gasteiger partial charge in [0.1, 0.15) is 0 Å². The minimum absolute atomic E-state index is 0.0167. The summed E-state index contributed by atoms with van der Waals surface area (Å²) in [5, 5.41) is 8.69. The van der Waals surface area contributed by atoms with E-state index in [1.54, 1.807) is 0 Å². The molecule has 0 bridgehead atoms. The summed E-state index contributed by atoms with van der Waals surface area (Å²) in [6, 6.07) is 0. The first-order valence-electron chi connectivity index (χ1n) is 13.0. The Hall–Kier alpha value is -1.06. The molecule has 0 aromatic heterocycles. The van der Waals surface area contributed by atoms with Gasteiger partial charge in [-0.2, -0.15) is 0 Å². The fraction of sp³-hybridized carbons (Fsp3) is 0.923. The maximum absolute atomic E-state index is 12.6. The Labute approximate surface area is 186 Å². The minimum atomic E-state index is -0.706. The van der Waals surface area contributed by atoms with Crippen molar-refractivity contribution < 1.29 is 19.4 Å². The van der Waals surface area contributed by atoms with Gasteiger partial charge in [0.25, 0.3) is 0 Å². The van der Waals surface area contributed by atoms with Crippen LogP contribution < -0.4 is 0 Å². The number of esters is 1. The molecule has 0 heterocycles. The van der Waals surface area contributed by atoms with Crippen molar-refractivity contribution in [1.82, 2.24) is 0 Å². The Morgan fingerprint density at radius 3 is 1.57 bits per heavy atom. The van der Waals surface area contributed by atoms with Crippen molar-refractivity contribution in [2.75, 3.05) is 6.61 Å². The summed E-state index contributed by atoms with van der Waals surface area (Å²) in [6.45, 7) is 5.03. The molecule has 30 heavy (non-hydrogen) atoms. The maximum Gasteiger partial charge on any atom is 0.308 e. The normalized spacial score (nSPS) is 12.1. The van der Waals surface area contributed by atoms with Crippen LogP contribution in [-0.2, 0) is 14.3 Å². The third-order valence-corrected chi connectivity index (χ3v) is 5.92. The highest BCUT2D eigenvalue weighted by Crippen LogP contribution is 2.21. The van der Waals surface area contributed by atoms with E-state index >= 15 is 0 Å². The van der Waals surface area contributed by atoms with Crippen LogP contribution in [0.2, 0.25) is 0 Å². The van der Waals surface area contributed by atoms with Crippen molar-refractivity contribution >= 4 is 11.9 Å². The van der Waals surface area contributed by atoms with Crippen LogP contribution in [0, 0.1) is 5.92 Å². The van der Waals surface area contributed by atoms with Gasteiger partial charge in [0.2, 0.25) is 0 Å². The summed E-state index contributed by atoms with van der Waals surface area (Å²) in [6.07, 6.45) is 21.8. The number of hydrogen-bond donors (Lipinski definition) is 1. The Kier molecular flexibility index (Phi) is 21.8. The summed E-state index contributed by atoms with van der Waals surface area (Å²) >= 11 is 0. The summed E-state index contributed by atoms with van der Waals surface area (Å²) in [7, 11) is 0. The SMILES string of the molecule is CCCCCCCCOC(=O)C(CCCCCCCC)CCCCCCCC(=O)O. The monoisotopic (exact) mass is 426 g/mol. The number of carboxylic acid groups (broad SMARTS) is 1. The van der Waals surface area contributed by atoms with Crippen LogP contribution in [0.3, 0.4) is 0 Å². The molecular formula is C26H50O4. The average Bonchev–Trinajstić information content (AvgIpc) is 2.72. The standard InChI is InChI=1S/C26H50O4/c1-3-5-7-9-12-16-20-24(21-17-13-11-14-18-22-25(27)28)26(29)30-23-19-15-10-8-6-4-2/h24H,3-23H2,1-2H3,(H,27,28). The number of carbonyl (C=O) groups is 2. The van der Waals surface area contributed by atoms with Crippen molar-refractivity contribution in [2.24, 2.45) is 5.92 Å². The highest BCUT2D eigenvalue weighted by molar-refractivity contribution is 5.72. The first kappa shape index (κ1) is 28.9. The van der Waals surface area contributed by atoms with E-state index in [2.05, 4.69) is 13.8 Å². The van der Waals surface area contributed by atoms with Crippen LogP contribution in [0.5, 0.6) is 0 Å². The van der Waals surface area contributed by atoms with Gasteiger partial charge in [-0.25, -0.2) is 0 Å². The number of carboxylic acids is 1. The number of hydrogen-bond acceptors (Lipinski definition) is 3. The van der Waals surface area contributed by atoms with E-state index in [-0.39, 0.29) is 18.3 Å². The Morgan fingerprint density at radius 1 is 0.633 bits per heavy atom. The molecule has 0 aromatic rings. The lowest BCUT2D eigenvalue weighted by atomic mass is 9.94. The first-order chi connectivity index (χ1) is 14.6. The average molecular weight is 427 g/mol. The van der Waals surface area contributed by atoms with E-state index in [0.717, 1.165) is 64.2 Å². The van der Waals surface area contributed by atoms with Crippen molar-refractivity contribution in [3.05, 3.63) is 0 Å². The van der Waals surface area contributed by atoms with Gasteiger partial charge in [0.05, 0.1) is 12.5 Å². The van der Waals surface area contributed by atoms with E-state index in [4.69, 9.17) is 9.84 Å². The van der Waals surface area contributed by atoms with Crippen molar-refractivity contribution in [3.8, 4) is 0 Å². The molecule has 178 valence electrons. The van der Waals surface area contributed by atoms with E-state index in [1.807, 2.05) is 0 Å². The van der Waals surface area contributed by atoms with Gasteiger partial charge in [-0.05, 0) is 25.7 Å². The summed E-state index contributed by atoms with van der Waals surface area (Å²) in [4.78, 5) is 23.2. The molecule has 0 aliphatic rings. The number of ether oxygens (including phenoxy) is 1. The topological polar surface area (TPSA) is 63.6 Å². The molecule has 1 N–H and O–H groups in total. The molecule has 1 unspecified atom stereocenters. The van der Waals surface area contributed by atoms with E-state index < -0.39 is 5.97 Å². The number of aliphatic carboxylic acids is 1. The zero-order chi connectivity index (χ0) is 22.3. The van der Waals surface area contributed by atoms with Crippen molar-refractivity contribution in [1.29, 1.82) is 0 Å². The van der Waals surface area contributed by atoms with Crippen LogP contribution in [0.4, 0.5) is 0 Å². The third-order valence-electron chi connectivity index (χ3n) is 5.92. The second-order valence-electron chi connectivity index (χ2n) is 8.89. The molecule has 0 radical (unpaired) electrons. The molecule has 1 atom stereocenters. The summed E-state index contributed by atoms with van der Waals surface area (Å²) < 4.78 is 5.62. The van der Waals surface area contributed by atoms with Crippen LogP contribution >= 0.6 is 0 Å². The van der Waals surface area contributed by atoms with E-state index in [1.165, 1.54) is 57.8 Å². The van der Waals surface area contributed by atoms with Gasteiger partial charge in [-0.1, -0.05) is 110 Å². The van der Waals surface area contributed by atoms with Gasteiger partial charge in [0.15, 0.2) is 0 Å². The van der Waals surface area contributed by atoms with Gasteiger partial charge in [-0.3, -0.25) is 9.59 Å². The van der Waals surface area contributed by atoms with Crippen LogP contribution in [-0.4, -0.2) is 23.7 Å². The van der Waals surface area contributed by atoms with E-state index in [0.29, 0.717) is 6.61 Å². The molecular weight excluding hydrogens is 376 g/mol. The Bertz CT molecular complexity index is 394. The zero-order valence-electron chi connectivity index (χ0n) is 20.1. The van der Waals surface area contributed by atoms with Crippen LogP contribution in [0.1, 0.15) is 142 Å². The lowest BCUT2D eigenvalue weighted by molar-refractivity contribution is -0.149. The minimum Gasteiger partial charge on any atom is -0.481 e. The molecule has 0 saturated heterocycles. The predicted octanol–water partition coefficient (Wildman–Crippen LogP) is 8.07. The maximum atomic E-state index is 12.6. The lowest BCUT2D eigenvalue weighted by Crippen LogP contribution is -2.18. The second-order valence-corrected chi connectivity index (χ2v) is 8.89. The van der Waals surface area contributed by atoms with Gasteiger partial charge in [0, 0.05) is 6.42 Å². The highest BCUT2D eigenvalue weighted by Gasteiger charge is 2.19. The molecule has 0 aliphatic carbocycles. The fourth-order valence-corrected chi connectivity index (χ4v) is 3.92. The van der Waals surface area contributed by atoms with E-state index in [9.17, 15) is 9.59 Å². The quantitative estimate of drug-likeness (QED) is 0.132. The molecule has 0 aliphatic heterocycles. The molecule has 4 heteroatoms. The first-order valence-corrected chi connectivity index (χ1v) is 13.0. The molecule has 0 amide bonds. The number of unbranched alkanes of at least 4 members (excludes halogenated alkanes) is 14. The Morgan fingerprint density at radius 2 is 1.07 bits per heavy atom. The largest absolute Gasteiger partial charge is 0.481 e. The fourth-order valence-electron chi connectivity index (χ4n) is 3.92. The van der Waals surface area contributed by atoms with Crippen molar-refractivity contribution in [3.63, 3.8) is 0 Å². The highest BCUT2D eigenvalue weighted by atomic mass is 16.5. The van der Waals surface area contributed by atoms with Crippen LogP contribution in [0.15, 0.2) is 0 Å². The smallest absolute Gasteiger partial charge is 0.308 e. The molecule has 4 nitrogen and oxygen atoms in total. The molecule has 0 saturated carbocycles. The second kappa shape index (κ2) is 22.6. The third kappa shape index (κ3) is 20.2. The predicted molar refractivity (Wildman–Crippen MR) is 126 cm³/mol. The lowest BCUT2D eigenvalue weighted by Gasteiger charge is -2.16. The molecule has 0 aromatic carbocycles. The molecule has 0 rings (SSSR count). The molecule has 0 spiro atoms. The van der Waals surface area contributed by atoms with Crippen LogP contribution in [0.25, 0.3) is 0 Å². The van der Waals surface area contributed by atoms with Gasteiger partial charge >= 0.3 is 11.9 Å². The van der Waals surface area contributed by atoms with Crippen molar-refractivity contribution in [2.45, 2.75) is 142 Å². The summed E-state index contributed by atoms with van der Waals surface area (Å²) in [5.74, 6) is -0.639.